The van der Waals surface area contributed by atoms with Crippen LogP contribution in [-0.2, 0) is 11.4 Å². The van der Waals surface area contributed by atoms with E-state index in [1.165, 1.54) is 0 Å². The summed E-state index contributed by atoms with van der Waals surface area (Å²) in [6, 6.07) is 19.4. The van der Waals surface area contributed by atoms with Crippen molar-refractivity contribution in [2.75, 3.05) is 12.1 Å². The van der Waals surface area contributed by atoms with Gasteiger partial charge in [-0.2, -0.15) is 16.3 Å². The summed E-state index contributed by atoms with van der Waals surface area (Å²) in [6.45, 7) is 4.19. The Labute approximate surface area is 181 Å². The Morgan fingerprint density at radius 3 is 2.71 bits per heavy atom. The van der Waals surface area contributed by atoms with Gasteiger partial charge in [-0.25, -0.2) is 0 Å². The van der Waals surface area contributed by atoms with E-state index in [9.17, 15) is 10.1 Å². The maximum Gasteiger partial charge on any atom is 0.222 e. The molecule has 0 atom stereocenters. The number of benzene rings is 2. The summed E-state index contributed by atoms with van der Waals surface area (Å²) in [4.78, 5) is 14.9. The minimum absolute atomic E-state index is 0.270. The van der Waals surface area contributed by atoms with Crippen LogP contribution in [0.1, 0.15) is 22.4 Å². The number of amides is 1. The van der Waals surface area contributed by atoms with Gasteiger partial charge in [0.25, 0.3) is 0 Å². The minimum atomic E-state index is 0.270. The van der Waals surface area contributed by atoms with Crippen molar-refractivity contribution in [3.8, 4) is 23.1 Å². The molecule has 158 valence electrons. The lowest BCUT2D eigenvalue weighted by Gasteiger charge is -2.24. The summed E-state index contributed by atoms with van der Waals surface area (Å²) in [6.07, 6.45) is 0.528. The number of nitrogens with zero attached hydrogens (tertiary/aromatic N) is 3. The zero-order chi connectivity index (χ0) is 22.2. The number of nitrogens with one attached hydrogen (secondary N) is 3. The van der Waals surface area contributed by atoms with E-state index < -0.39 is 0 Å². The zero-order valence-electron chi connectivity index (χ0n) is 17.6. The number of carbonyl (C=O) groups excluding carboxylic acids is 1. The predicted octanol–water partition coefficient (Wildman–Crippen LogP) is 2.92. The number of aryl methyl sites for hydroxylation is 2. The first-order valence-corrected chi connectivity index (χ1v) is 9.66. The zero-order valence-corrected chi connectivity index (χ0v) is 17.6. The number of nitriles is 1. The molecule has 1 heterocycles. The smallest absolute Gasteiger partial charge is 0.222 e. The van der Waals surface area contributed by atoms with E-state index in [-0.39, 0.29) is 6.61 Å². The number of anilines is 1. The fourth-order valence-corrected chi connectivity index (χ4v) is 3.15. The van der Waals surface area contributed by atoms with Gasteiger partial charge in [-0.05, 0) is 55.8 Å². The van der Waals surface area contributed by atoms with Gasteiger partial charge in [-0.1, -0.05) is 18.2 Å². The molecule has 0 radical (unpaired) electrons. The fraction of sp³-hybridized carbons (Fsp3) is 0.174. The Bertz CT molecular complexity index is 1110. The highest BCUT2D eigenvalue weighted by Gasteiger charge is 2.13. The average molecular weight is 416 g/mol. The fourth-order valence-electron chi connectivity index (χ4n) is 3.15. The molecule has 3 aromatic rings. The summed E-state index contributed by atoms with van der Waals surface area (Å²) in [5.74, 6) is 0.504. The second-order valence-electron chi connectivity index (χ2n) is 6.91. The average Bonchev–Trinajstić information content (AvgIpc) is 2.78. The molecule has 2 aromatic carbocycles. The molecular formula is C23H24N6O2. The highest BCUT2D eigenvalue weighted by atomic mass is 16.5. The van der Waals surface area contributed by atoms with E-state index in [1.807, 2.05) is 63.4 Å². The van der Waals surface area contributed by atoms with Crippen LogP contribution in [0.5, 0.6) is 5.75 Å². The van der Waals surface area contributed by atoms with E-state index >= 15 is 0 Å². The van der Waals surface area contributed by atoms with Crippen molar-refractivity contribution in [3.05, 3.63) is 77.0 Å². The van der Waals surface area contributed by atoms with Gasteiger partial charge in [-0.15, -0.1) is 0 Å². The quantitative estimate of drug-likeness (QED) is 0.280. The van der Waals surface area contributed by atoms with E-state index in [0.717, 1.165) is 33.8 Å². The molecular weight excluding hydrogens is 392 g/mol. The van der Waals surface area contributed by atoms with Crippen LogP contribution in [0.3, 0.4) is 0 Å². The second-order valence-corrected chi connectivity index (χ2v) is 6.91. The van der Waals surface area contributed by atoms with Crippen LogP contribution in [0, 0.1) is 25.2 Å². The molecule has 1 amide bonds. The molecule has 0 saturated carbocycles. The minimum Gasteiger partial charge on any atom is -0.487 e. The third-order valence-electron chi connectivity index (χ3n) is 4.76. The molecule has 0 fully saturated rings. The van der Waals surface area contributed by atoms with Gasteiger partial charge in [0.05, 0.1) is 16.9 Å². The number of hydrogen-bond acceptors (Lipinski definition) is 7. The molecule has 0 saturated heterocycles. The number of rotatable bonds is 9. The number of ether oxygens (including phenoxy) is 1. The van der Waals surface area contributed by atoms with Gasteiger partial charge < -0.3 is 4.74 Å². The molecule has 1 aromatic heterocycles. The van der Waals surface area contributed by atoms with Crippen molar-refractivity contribution in [2.45, 2.75) is 20.5 Å². The first-order valence-electron chi connectivity index (χ1n) is 9.66. The van der Waals surface area contributed by atoms with Crippen molar-refractivity contribution in [1.82, 2.24) is 21.5 Å². The Balaban J connectivity index is 1.81. The normalized spacial score (nSPS) is 10.3. The number of aromatic nitrogens is 1. The Kier molecular flexibility index (Phi) is 7.17. The monoisotopic (exact) mass is 416 g/mol. The van der Waals surface area contributed by atoms with Gasteiger partial charge >= 0.3 is 0 Å². The third-order valence-corrected chi connectivity index (χ3v) is 4.76. The van der Waals surface area contributed by atoms with Crippen LogP contribution in [0.15, 0.2) is 54.6 Å². The molecule has 0 aliphatic rings. The van der Waals surface area contributed by atoms with Gasteiger partial charge in [0.1, 0.15) is 18.4 Å². The van der Waals surface area contributed by atoms with E-state index in [1.54, 1.807) is 17.1 Å². The van der Waals surface area contributed by atoms with Crippen LogP contribution in [0.4, 0.5) is 5.69 Å². The van der Waals surface area contributed by atoms with Gasteiger partial charge in [-0.3, -0.25) is 20.2 Å². The van der Waals surface area contributed by atoms with Crippen molar-refractivity contribution < 1.29 is 9.53 Å². The van der Waals surface area contributed by atoms with Crippen LogP contribution in [0.25, 0.3) is 11.3 Å². The topological polar surface area (TPSA) is 102 Å². The molecule has 0 unspecified atom stereocenters. The van der Waals surface area contributed by atoms with E-state index in [0.29, 0.717) is 17.7 Å². The second kappa shape index (κ2) is 10.2. The van der Waals surface area contributed by atoms with Crippen molar-refractivity contribution in [1.29, 1.82) is 5.26 Å². The molecule has 31 heavy (non-hydrogen) atoms. The van der Waals surface area contributed by atoms with E-state index in [4.69, 9.17) is 4.74 Å². The molecule has 0 aliphatic carbocycles. The Hall–Kier alpha value is -3.93. The molecule has 8 nitrogen and oxygen atoms in total. The molecule has 0 bridgehead atoms. The summed E-state index contributed by atoms with van der Waals surface area (Å²) in [5, 5.41) is 11.4. The lowest BCUT2D eigenvalue weighted by atomic mass is 10.1. The van der Waals surface area contributed by atoms with Gasteiger partial charge in [0, 0.05) is 23.9 Å². The summed E-state index contributed by atoms with van der Waals surface area (Å²) in [5.41, 5.74) is 13.6. The lowest BCUT2D eigenvalue weighted by molar-refractivity contribution is -0.110. The number of carbonyl (C=O) groups is 1. The molecule has 8 heteroatoms. The summed E-state index contributed by atoms with van der Waals surface area (Å²) >= 11 is 0. The maximum absolute atomic E-state index is 10.4. The number of hydrazine groups is 3. The van der Waals surface area contributed by atoms with Crippen LogP contribution >= 0.6 is 0 Å². The first-order chi connectivity index (χ1) is 15.0. The summed E-state index contributed by atoms with van der Waals surface area (Å²) in [7, 11) is 1.81. The first kappa shape index (κ1) is 21.8. The Morgan fingerprint density at radius 1 is 1.16 bits per heavy atom. The maximum atomic E-state index is 10.4. The molecule has 3 rings (SSSR count). The third kappa shape index (κ3) is 5.36. The standard InChI is InChI=1S/C23H24N6O2/c1-16-6-4-9-22(29(3)28-27-25-15-30)20(16)14-31-23-11-10-18(12-19(23)13-24)21-8-5-7-17(2)26-21/h4-12,15,27-28H,14H2,1-3H3,(H,25,30). The van der Waals surface area contributed by atoms with Gasteiger partial charge in [0.15, 0.2) is 0 Å². The lowest BCUT2D eigenvalue weighted by Crippen LogP contribution is -2.51. The SMILES string of the molecule is Cc1cccc(-c2ccc(OCc3c(C)cccc3N(C)NNNC=O)c(C#N)c2)n1. The molecule has 0 spiro atoms. The highest BCUT2D eigenvalue weighted by molar-refractivity contribution is 5.64. The molecule has 3 N–H and O–H groups in total. The predicted molar refractivity (Wildman–Crippen MR) is 119 cm³/mol. The van der Waals surface area contributed by atoms with Crippen molar-refractivity contribution in [2.24, 2.45) is 0 Å². The van der Waals surface area contributed by atoms with Crippen molar-refractivity contribution in [3.63, 3.8) is 0 Å². The van der Waals surface area contributed by atoms with Crippen LogP contribution in [0.2, 0.25) is 0 Å². The Morgan fingerprint density at radius 2 is 1.97 bits per heavy atom. The number of pyridine rings is 1. The van der Waals surface area contributed by atoms with Gasteiger partial charge in [0.2, 0.25) is 6.41 Å². The van der Waals surface area contributed by atoms with E-state index in [2.05, 4.69) is 27.5 Å². The summed E-state index contributed by atoms with van der Waals surface area (Å²) < 4.78 is 6.04. The largest absolute Gasteiger partial charge is 0.487 e. The molecule has 0 aliphatic heterocycles. The number of hydrogen-bond donors (Lipinski definition) is 3. The van der Waals surface area contributed by atoms with Crippen molar-refractivity contribution >= 4 is 12.1 Å². The van der Waals surface area contributed by atoms with Crippen LogP contribution in [-0.4, -0.2) is 18.4 Å². The van der Waals surface area contributed by atoms with Crippen LogP contribution < -0.4 is 26.2 Å². The highest BCUT2D eigenvalue weighted by Crippen LogP contribution is 2.28.